The van der Waals surface area contributed by atoms with Gasteiger partial charge < -0.3 is 15.3 Å². The Morgan fingerprint density at radius 1 is 1.37 bits per heavy atom. The van der Waals surface area contributed by atoms with Crippen molar-refractivity contribution in [3.8, 4) is 0 Å². The van der Waals surface area contributed by atoms with Gasteiger partial charge in [-0.2, -0.15) is 5.10 Å². The molecule has 0 radical (unpaired) electrons. The summed E-state index contributed by atoms with van der Waals surface area (Å²) in [5, 5.41) is 20.3. The molecule has 1 unspecified atom stereocenters. The summed E-state index contributed by atoms with van der Waals surface area (Å²) >= 11 is 0. The Hall–Kier alpha value is -3.07. The zero-order valence-corrected chi connectivity index (χ0v) is 16.7. The smallest absolute Gasteiger partial charge is 0.252 e. The summed E-state index contributed by atoms with van der Waals surface area (Å²) in [7, 11) is 0. The first-order valence-corrected chi connectivity index (χ1v) is 9.79. The number of aliphatic hydroxyl groups is 1. The van der Waals surface area contributed by atoms with E-state index < -0.39 is 17.2 Å². The van der Waals surface area contributed by atoms with Gasteiger partial charge in [-0.25, -0.2) is 13.8 Å². The van der Waals surface area contributed by atoms with E-state index in [0.717, 1.165) is 18.6 Å². The Morgan fingerprint density at radius 3 is 2.93 bits per heavy atom. The Labute approximate surface area is 172 Å². The highest BCUT2D eigenvalue weighted by Gasteiger charge is 2.31. The fourth-order valence-corrected chi connectivity index (χ4v) is 3.75. The molecule has 0 bridgehead atoms. The zero-order valence-electron chi connectivity index (χ0n) is 16.7. The maximum atomic E-state index is 14.4. The lowest BCUT2D eigenvalue weighted by Crippen LogP contribution is -2.38. The molecule has 30 heavy (non-hydrogen) atoms. The second kappa shape index (κ2) is 7.64. The molecule has 1 aliphatic heterocycles. The molecule has 1 fully saturated rings. The number of fused-ring (bicyclic) bond motifs is 1. The molecule has 0 aliphatic carbocycles. The number of benzene rings is 1. The SMILES string of the molecule is CC(C)(O)CNC(=O)c1cnc2[nH]nc(N3CCCC3c3cc(F)ccc3F)c2c1. The van der Waals surface area contributed by atoms with Crippen LogP contribution in [0.4, 0.5) is 14.6 Å². The van der Waals surface area contributed by atoms with Crippen LogP contribution in [0.5, 0.6) is 0 Å². The molecule has 1 amide bonds. The van der Waals surface area contributed by atoms with Crippen molar-refractivity contribution in [2.24, 2.45) is 0 Å². The number of carbonyl (C=O) groups is 1. The highest BCUT2D eigenvalue weighted by molar-refractivity contribution is 5.99. The largest absolute Gasteiger partial charge is 0.389 e. The van der Waals surface area contributed by atoms with Crippen molar-refractivity contribution >= 4 is 22.8 Å². The van der Waals surface area contributed by atoms with Crippen LogP contribution in [-0.4, -0.2) is 44.9 Å². The van der Waals surface area contributed by atoms with Gasteiger partial charge in [0, 0.05) is 24.8 Å². The van der Waals surface area contributed by atoms with Crippen LogP contribution >= 0.6 is 0 Å². The van der Waals surface area contributed by atoms with Gasteiger partial charge in [-0.15, -0.1) is 0 Å². The predicted octanol–water partition coefficient (Wildman–Crippen LogP) is 3.08. The lowest BCUT2D eigenvalue weighted by Gasteiger charge is -2.25. The third-order valence-electron chi connectivity index (χ3n) is 5.18. The van der Waals surface area contributed by atoms with Gasteiger partial charge in [0.1, 0.15) is 11.6 Å². The van der Waals surface area contributed by atoms with Crippen molar-refractivity contribution < 1.29 is 18.7 Å². The summed E-state index contributed by atoms with van der Waals surface area (Å²) in [5.41, 5.74) is 0.0679. The van der Waals surface area contributed by atoms with Crippen LogP contribution < -0.4 is 10.2 Å². The molecule has 3 aromatic rings. The van der Waals surface area contributed by atoms with Crippen molar-refractivity contribution in [1.29, 1.82) is 0 Å². The van der Waals surface area contributed by atoms with Gasteiger partial charge in [-0.05, 0) is 51.0 Å². The van der Waals surface area contributed by atoms with Crippen LogP contribution in [0.25, 0.3) is 11.0 Å². The van der Waals surface area contributed by atoms with E-state index in [9.17, 15) is 18.7 Å². The first-order chi connectivity index (χ1) is 14.2. The van der Waals surface area contributed by atoms with Crippen LogP contribution in [0, 0.1) is 11.6 Å². The van der Waals surface area contributed by atoms with E-state index in [1.807, 2.05) is 4.90 Å². The number of nitrogens with zero attached hydrogens (tertiary/aromatic N) is 3. The second-order valence-electron chi connectivity index (χ2n) is 8.18. The molecule has 0 saturated carbocycles. The third kappa shape index (κ3) is 3.97. The Morgan fingerprint density at radius 2 is 2.17 bits per heavy atom. The Kier molecular flexibility index (Phi) is 5.15. The van der Waals surface area contributed by atoms with Gasteiger partial charge in [0.15, 0.2) is 11.5 Å². The minimum atomic E-state index is -1.04. The summed E-state index contributed by atoms with van der Waals surface area (Å²) in [4.78, 5) is 18.6. The number of aromatic amines is 1. The fourth-order valence-electron chi connectivity index (χ4n) is 3.75. The van der Waals surface area contributed by atoms with E-state index in [0.29, 0.717) is 35.4 Å². The van der Waals surface area contributed by atoms with Crippen LogP contribution in [-0.2, 0) is 0 Å². The number of H-pyrrole nitrogens is 1. The fraction of sp³-hybridized carbons (Fsp3) is 0.381. The molecular weight excluding hydrogens is 392 g/mol. The number of aromatic nitrogens is 3. The van der Waals surface area contributed by atoms with Crippen molar-refractivity contribution in [2.75, 3.05) is 18.0 Å². The predicted molar refractivity (Wildman–Crippen MR) is 108 cm³/mol. The van der Waals surface area contributed by atoms with Crippen molar-refractivity contribution in [3.05, 3.63) is 53.2 Å². The first kappa shape index (κ1) is 20.2. The van der Waals surface area contributed by atoms with E-state index in [1.165, 1.54) is 12.3 Å². The third-order valence-corrected chi connectivity index (χ3v) is 5.18. The molecule has 1 aliphatic rings. The number of anilines is 1. The van der Waals surface area contributed by atoms with Crippen LogP contribution in [0.2, 0.25) is 0 Å². The summed E-state index contributed by atoms with van der Waals surface area (Å²) in [6.45, 7) is 3.91. The molecule has 7 nitrogen and oxygen atoms in total. The average molecular weight is 415 g/mol. The molecule has 4 rings (SSSR count). The molecule has 9 heteroatoms. The molecule has 0 spiro atoms. The molecule has 2 aromatic heterocycles. The van der Waals surface area contributed by atoms with E-state index in [-0.39, 0.29) is 24.1 Å². The maximum absolute atomic E-state index is 14.4. The molecule has 1 atom stereocenters. The number of nitrogens with one attached hydrogen (secondary N) is 2. The van der Waals surface area contributed by atoms with Crippen molar-refractivity contribution in [1.82, 2.24) is 20.5 Å². The summed E-state index contributed by atoms with van der Waals surface area (Å²) in [6.07, 6.45) is 2.89. The van der Waals surface area contributed by atoms with Crippen molar-refractivity contribution in [3.63, 3.8) is 0 Å². The van der Waals surface area contributed by atoms with Gasteiger partial charge in [0.05, 0.1) is 22.6 Å². The quantitative estimate of drug-likeness (QED) is 0.595. The maximum Gasteiger partial charge on any atom is 0.252 e. The van der Waals surface area contributed by atoms with Crippen LogP contribution in [0.1, 0.15) is 48.7 Å². The Balaban J connectivity index is 1.67. The number of hydrogen-bond acceptors (Lipinski definition) is 5. The highest BCUT2D eigenvalue weighted by atomic mass is 19.1. The van der Waals surface area contributed by atoms with E-state index >= 15 is 0 Å². The first-order valence-electron chi connectivity index (χ1n) is 9.79. The molecular formula is C21H23F2N5O2. The van der Waals surface area contributed by atoms with Crippen LogP contribution in [0.3, 0.4) is 0 Å². The summed E-state index contributed by atoms with van der Waals surface area (Å²) < 4.78 is 28.1. The number of pyridine rings is 1. The lowest BCUT2D eigenvalue weighted by atomic mass is 10.0. The number of hydrogen-bond donors (Lipinski definition) is 3. The average Bonchev–Trinajstić information content (AvgIpc) is 3.33. The van der Waals surface area contributed by atoms with Crippen LogP contribution in [0.15, 0.2) is 30.5 Å². The van der Waals surface area contributed by atoms with Gasteiger partial charge in [-0.3, -0.25) is 9.89 Å². The van der Waals surface area contributed by atoms with Gasteiger partial charge in [0.25, 0.3) is 5.91 Å². The topological polar surface area (TPSA) is 94.1 Å². The Bertz CT molecular complexity index is 1090. The van der Waals surface area contributed by atoms with Gasteiger partial charge >= 0.3 is 0 Å². The minimum Gasteiger partial charge on any atom is -0.389 e. The molecule has 3 N–H and O–H groups in total. The summed E-state index contributed by atoms with van der Waals surface area (Å²) in [6, 6.07) is 4.76. The number of rotatable bonds is 5. The molecule has 158 valence electrons. The summed E-state index contributed by atoms with van der Waals surface area (Å²) in [5.74, 6) is -0.774. The van der Waals surface area contributed by atoms with Crippen molar-refractivity contribution in [2.45, 2.75) is 38.3 Å². The normalized spacial score (nSPS) is 17.0. The molecule has 3 heterocycles. The second-order valence-corrected chi connectivity index (χ2v) is 8.18. The number of halogens is 2. The lowest BCUT2D eigenvalue weighted by molar-refractivity contribution is 0.0694. The standard InChI is InChI=1S/C21H23F2N5O2/c1-21(2,30)11-25-20(29)12-8-15-18(24-10-12)26-27-19(15)28-7-3-4-17(28)14-9-13(22)5-6-16(14)23/h5-6,8-10,17,30H,3-4,7,11H2,1-2H3,(H,25,29)(H,24,26,27). The van der Waals surface area contributed by atoms with Gasteiger partial charge in [0.2, 0.25) is 0 Å². The number of carbonyl (C=O) groups excluding carboxylic acids is 1. The van der Waals surface area contributed by atoms with E-state index in [1.54, 1.807) is 19.9 Å². The molecule has 1 saturated heterocycles. The monoisotopic (exact) mass is 415 g/mol. The zero-order chi connectivity index (χ0) is 21.5. The van der Waals surface area contributed by atoms with E-state index in [4.69, 9.17) is 0 Å². The minimum absolute atomic E-state index is 0.0924. The van der Waals surface area contributed by atoms with Gasteiger partial charge in [-0.1, -0.05) is 0 Å². The molecule has 1 aromatic carbocycles. The number of amides is 1. The highest BCUT2D eigenvalue weighted by Crippen LogP contribution is 2.39. The van der Waals surface area contributed by atoms with E-state index in [2.05, 4.69) is 20.5 Å².